The second-order valence-electron chi connectivity index (χ2n) is 4.98. The molecule has 0 aromatic carbocycles. The molecule has 6 nitrogen and oxygen atoms in total. The number of hydrogen-bond acceptors (Lipinski definition) is 5. The summed E-state index contributed by atoms with van der Waals surface area (Å²) < 4.78 is 11.1. The van der Waals surface area contributed by atoms with Gasteiger partial charge in [-0.15, -0.1) is 0 Å². The van der Waals surface area contributed by atoms with Crippen LogP contribution in [0.1, 0.15) is 23.2 Å². The van der Waals surface area contributed by atoms with Crippen LogP contribution in [0.5, 0.6) is 5.88 Å². The van der Waals surface area contributed by atoms with Crippen molar-refractivity contribution in [1.82, 2.24) is 9.97 Å². The molecule has 2 aromatic heterocycles. The van der Waals surface area contributed by atoms with Gasteiger partial charge in [-0.3, -0.25) is 4.79 Å². The molecule has 114 valence electrons. The quantitative estimate of drug-likeness (QED) is 0.937. The Morgan fingerprint density at radius 2 is 2.05 bits per heavy atom. The van der Waals surface area contributed by atoms with Crippen LogP contribution in [0.25, 0.3) is 0 Å². The van der Waals surface area contributed by atoms with Gasteiger partial charge in [0.15, 0.2) is 0 Å². The third-order valence-electron chi connectivity index (χ3n) is 3.36. The van der Waals surface area contributed by atoms with Crippen LogP contribution < -0.4 is 10.1 Å². The van der Waals surface area contributed by atoms with Crippen molar-refractivity contribution >= 4 is 11.7 Å². The van der Waals surface area contributed by atoms with Crippen molar-refractivity contribution in [2.24, 2.45) is 0 Å². The smallest absolute Gasteiger partial charge is 0.258 e. The number of rotatable bonds is 4. The Kier molecular flexibility index (Phi) is 4.60. The Balaban J connectivity index is 1.59. The lowest BCUT2D eigenvalue weighted by Gasteiger charge is -2.22. The number of nitrogens with zero attached hydrogens (tertiary/aromatic N) is 2. The summed E-state index contributed by atoms with van der Waals surface area (Å²) >= 11 is 0. The molecule has 1 amide bonds. The predicted octanol–water partition coefficient (Wildman–Crippen LogP) is 2.29. The molecule has 0 bridgehead atoms. The Hall–Kier alpha value is -2.47. The van der Waals surface area contributed by atoms with E-state index in [1.54, 1.807) is 30.5 Å². The van der Waals surface area contributed by atoms with E-state index >= 15 is 0 Å². The number of carbonyl (C=O) groups is 1. The van der Waals surface area contributed by atoms with E-state index in [1.807, 2.05) is 6.07 Å². The van der Waals surface area contributed by atoms with Crippen molar-refractivity contribution in [1.29, 1.82) is 0 Å². The fourth-order valence-electron chi connectivity index (χ4n) is 2.17. The normalized spacial score (nSPS) is 15.3. The Morgan fingerprint density at radius 1 is 1.18 bits per heavy atom. The second-order valence-corrected chi connectivity index (χ2v) is 4.98. The summed E-state index contributed by atoms with van der Waals surface area (Å²) in [5.74, 6) is 0.792. The van der Waals surface area contributed by atoms with Crippen LogP contribution in [-0.4, -0.2) is 35.2 Å². The minimum absolute atomic E-state index is 0.134. The van der Waals surface area contributed by atoms with E-state index < -0.39 is 0 Å². The number of aromatic nitrogens is 2. The lowest BCUT2D eigenvalue weighted by molar-refractivity contribution is 0.0237. The first-order valence-corrected chi connectivity index (χ1v) is 7.24. The van der Waals surface area contributed by atoms with Crippen molar-refractivity contribution in [2.45, 2.75) is 18.9 Å². The van der Waals surface area contributed by atoms with Crippen LogP contribution in [0.3, 0.4) is 0 Å². The zero-order chi connectivity index (χ0) is 15.2. The van der Waals surface area contributed by atoms with E-state index in [-0.39, 0.29) is 12.0 Å². The lowest BCUT2D eigenvalue weighted by atomic mass is 10.1. The summed E-state index contributed by atoms with van der Waals surface area (Å²) in [6, 6.07) is 8.74. The maximum Gasteiger partial charge on any atom is 0.258 e. The monoisotopic (exact) mass is 299 g/mol. The summed E-state index contributed by atoms with van der Waals surface area (Å²) in [4.78, 5) is 20.3. The molecule has 0 unspecified atom stereocenters. The molecule has 0 atom stereocenters. The molecule has 3 rings (SSSR count). The zero-order valence-electron chi connectivity index (χ0n) is 12.1. The van der Waals surface area contributed by atoms with E-state index in [4.69, 9.17) is 9.47 Å². The van der Waals surface area contributed by atoms with Gasteiger partial charge < -0.3 is 14.8 Å². The van der Waals surface area contributed by atoms with Gasteiger partial charge in [-0.2, -0.15) is 0 Å². The fourth-order valence-corrected chi connectivity index (χ4v) is 2.17. The first kappa shape index (κ1) is 14.5. The van der Waals surface area contributed by atoms with E-state index in [9.17, 15) is 4.79 Å². The summed E-state index contributed by atoms with van der Waals surface area (Å²) in [6.45, 7) is 1.43. The molecule has 1 aliphatic heterocycles. The molecular formula is C16H17N3O3. The first-order valence-electron chi connectivity index (χ1n) is 7.24. The van der Waals surface area contributed by atoms with Crippen molar-refractivity contribution in [3.05, 3.63) is 48.3 Å². The molecule has 6 heteroatoms. The van der Waals surface area contributed by atoms with Crippen LogP contribution in [0.4, 0.5) is 5.82 Å². The number of pyridine rings is 2. The van der Waals surface area contributed by atoms with Crippen LogP contribution in [0, 0.1) is 0 Å². The largest absolute Gasteiger partial charge is 0.474 e. The number of ether oxygens (including phenoxy) is 2. The van der Waals surface area contributed by atoms with Crippen LogP contribution in [0.2, 0.25) is 0 Å². The molecule has 2 aromatic rings. The van der Waals surface area contributed by atoms with Gasteiger partial charge in [-0.25, -0.2) is 9.97 Å². The van der Waals surface area contributed by atoms with Gasteiger partial charge in [0.25, 0.3) is 5.91 Å². The molecule has 1 N–H and O–H groups in total. The zero-order valence-corrected chi connectivity index (χ0v) is 12.1. The fraction of sp³-hybridized carbons (Fsp3) is 0.312. The molecular weight excluding hydrogens is 282 g/mol. The molecule has 1 aliphatic rings. The topological polar surface area (TPSA) is 73.3 Å². The summed E-state index contributed by atoms with van der Waals surface area (Å²) in [6.07, 6.45) is 4.99. The minimum atomic E-state index is -0.246. The maximum atomic E-state index is 12.1. The highest BCUT2D eigenvalue weighted by atomic mass is 16.5. The number of anilines is 1. The van der Waals surface area contributed by atoms with Crippen LogP contribution >= 0.6 is 0 Å². The average molecular weight is 299 g/mol. The van der Waals surface area contributed by atoms with Gasteiger partial charge in [-0.1, -0.05) is 6.07 Å². The van der Waals surface area contributed by atoms with Gasteiger partial charge >= 0.3 is 0 Å². The molecule has 0 saturated carbocycles. The second kappa shape index (κ2) is 7.00. The summed E-state index contributed by atoms with van der Waals surface area (Å²) in [5, 5.41) is 2.71. The third-order valence-corrected chi connectivity index (χ3v) is 3.36. The Morgan fingerprint density at radius 3 is 2.73 bits per heavy atom. The lowest BCUT2D eigenvalue weighted by Crippen LogP contribution is -2.26. The molecule has 1 fully saturated rings. The van der Waals surface area contributed by atoms with Crippen molar-refractivity contribution < 1.29 is 14.3 Å². The standard InChI is InChI=1S/C16H17N3O3/c20-16(19-14-3-1-2-8-17-14)12-4-5-15(18-11-12)22-13-6-9-21-10-7-13/h1-5,8,11,13H,6-7,9-10H2,(H,17,19,20). The van der Waals surface area contributed by atoms with Crippen LogP contribution in [0.15, 0.2) is 42.7 Å². The minimum Gasteiger partial charge on any atom is -0.474 e. The van der Waals surface area contributed by atoms with Gasteiger partial charge in [-0.05, 0) is 18.2 Å². The molecule has 0 aliphatic carbocycles. The molecule has 0 spiro atoms. The third kappa shape index (κ3) is 3.79. The van der Waals surface area contributed by atoms with Crippen molar-refractivity contribution in [2.75, 3.05) is 18.5 Å². The maximum absolute atomic E-state index is 12.1. The van der Waals surface area contributed by atoms with Crippen molar-refractivity contribution in [3.8, 4) is 5.88 Å². The average Bonchev–Trinajstić information content (AvgIpc) is 2.57. The highest BCUT2D eigenvalue weighted by Gasteiger charge is 2.16. The Labute approximate surface area is 128 Å². The summed E-state index contributed by atoms with van der Waals surface area (Å²) in [7, 11) is 0. The van der Waals surface area contributed by atoms with Gasteiger partial charge in [0, 0.05) is 31.3 Å². The van der Waals surface area contributed by atoms with Crippen molar-refractivity contribution in [3.63, 3.8) is 0 Å². The molecule has 3 heterocycles. The number of hydrogen-bond donors (Lipinski definition) is 1. The first-order chi connectivity index (χ1) is 10.8. The van der Waals surface area contributed by atoms with Gasteiger partial charge in [0.05, 0.1) is 18.8 Å². The van der Waals surface area contributed by atoms with E-state index in [2.05, 4.69) is 15.3 Å². The summed E-state index contributed by atoms with van der Waals surface area (Å²) in [5.41, 5.74) is 0.463. The van der Waals surface area contributed by atoms with Gasteiger partial charge in [0.1, 0.15) is 11.9 Å². The van der Waals surface area contributed by atoms with E-state index in [0.717, 1.165) is 26.1 Å². The Bertz CT molecular complexity index is 610. The number of nitrogens with one attached hydrogen (secondary N) is 1. The van der Waals surface area contributed by atoms with Gasteiger partial charge in [0.2, 0.25) is 5.88 Å². The number of amides is 1. The molecule has 0 radical (unpaired) electrons. The highest BCUT2D eigenvalue weighted by molar-refractivity contribution is 6.03. The highest BCUT2D eigenvalue weighted by Crippen LogP contribution is 2.16. The number of carbonyl (C=O) groups excluding carboxylic acids is 1. The molecule has 1 saturated heterocycles. The predicted molar refractivity (Wildman–Crippen MR) is 80.9 cm³/mol. The molecule has 22 heavy (non-hydrogen) atoms. The SMILES string of the molecule is O=C(Nc1ccccn1)c1ccc(OC2CCOCC2)nc1. The van der Waals surface area contributed by atoms with Crippen LogP contribution in [-0.2, 0) is 4.74 Å². The van der Waals surface area contributed by atoms with E-state index in [0.29, 0.717) is 17.3 Å². The van der Waals surface area contributed by atoms with E-state index in [1.165, 1.54) is 6.20 Å².